The molecule has 0 aromatic carbocycles. The molecule has 0 atom stereocenters. The first kappa shape index (κ1) is 16.8. The van der Waals surface area contributed by atoms with Crippen LogP contribution < -0.4 is 10.0 Å². The third-order valence-electron chi connectivity index (χ3n) is 2.85. The van der Waals surface area contributed by atoms with E-state index in [2.05, 4.69) is 10.0 Å². The molecule has 1 aliphatic carbocycles. The van der Waals surface area contributed by atoms with Gasteiger partial charge in [0.2, 0.25) is 10.0 Å². The minimum absolute atomic E-state index is 0.192. The van der Waals surface area contributed by atoms with E-state index in [0.717, 1.165) is 13.0 Å². The van der Waals surface area contributed by atoms with Crippen LogP contribution in [0.2, 0.25) is 0 Å². The fraction of sp³-hybridized carbons (Fsp3) is 1.00. The normalized spacial score (nSPS) is 15.8. The number of hydrogen-bond donors (Lipinski definition) is 2. The molecule has 2 N–H and O–H groups in total. The van der Waals surface area contributed by atoms with E-state index in [4.69, 9.17) is 9.47 Å². The lowest BCUT2D eigenvalue weighted by Crippen LogP contribution is -2.30. The van der Waals surface area contributed by atoms with E-state index in [0.29, 0.717) is 38.8 Å². The Morgan fingerprint density at radius 2 is 1.89 bits per heavy atom. The topological polar surface area (TPSA) is 76.7 Å². The fourth-order valence-electron chi connectivity index (χ4n) is 1.60. The van der Waals surface area contributed by atoms with Crippen molar-refractivity contribution in [3.05, 3.63) is 0 Å². The summed E-state index contributed by atoms with van der Waals surface area (Å²) in [6.45, 7) is 2.64. The highest BCUT2D eigenvalue weighted by molar-refractivity contribution is 7.89. The van der Waals surface area contributed by atoms with Crippen molar-refractivity contribution in [2.45, 2.75) is 31.7 Å². The lowest BCUT2D eigenvalue weighted by Gasteiger charge is -2.07. The van der Waals surface area contributed by atoms with E-state index in [1.54, 1.807) is 7.11 Å². The van der Waals surface area contributed by atoms with Crippen molar-refractivity contribution < 1.29 is 17.9 Å². The molecule has 0 radical (unpaired) electrons. The molecule has 0 aromatic heterocycles. The van der Waals surface area contributed by atoms with Crippen molar-refractivity contribution >= 4 is 10.0 Å². The van der Waals surface area contributed by atoms with Crippen LogP contribution in [0.15, 0.2) is 0 Å². The zero-order chi connectivity index (χ0) is 14.0. The van der Waals surface area contributed by atoms with Crippen LogP contribution in [0.4, 0.5) is 0 Å². The Morgan fingerprint density at radius 3 is 2.58 bits per heavy atom. The molecule has 1 saturated carbocycles. The Hall–Kier alpha value is -0.210. The van der Waals surface area contributed by atoms with Crippen LogP contribution in [0, 0.1) is 0 Å². The molecule has 0 heterocycles. The highest BCUT2D eigenvalue weighted by Crippen LogP contribution is 2.18. The highest BCUT2D eigenvalue weighted by Gasteiger charge is 2.19. The van der Waals surface area contributed by atoms with Gasteiger partial charge in [-0.2, -0.15) is 0 Å². The molecule has 114 valence electrons. The summed E-state index contributed by atoms with van der Waals surface area (Å²) >= 11 is 0. The zero-order valence-electron chi connectivity index (χ0n) is 11.7. The first-order chi connectivity index (χ1) is 9.14. The molecule has 0 amide bonds. The first-order valence-corrected chi connectivity index (χ1v) is 8.56. The summed E-state index contributed by atoms with van der Waals surface area (Å²) in [5, 5.41) is 3.37. The van der Waals surface area contributed by atoms with E-state index < -0.39 is 10.0 Å². The van der Waals surface area contributed by atoms with Crippen molar-refractivity contribution in [2.75, 3.05) is 45.8 Å². The predicted molar refractivity (Wildman–Crippen MR) is 74.7 cm³/mol. The second kappa shape index (κ2) is 9.66. The molecule has 1 aliphatic rings. The number of rotatable bonds is 13. The number of ether oxygens (including phenoxy) is 2. The van der Waals surface area contributed by atoms with Crippen LogP contribution in [0.5, 0.6) is 0 Å². The van der Waals surface area contributed by atoms with Gasteiger partial charge in [-0.1, -0.05) is 0 Å². The van der Waals surface area contributed by atoms with E-state index in [1.165, 1.54) is 12.8 Å². The van der Waals surface area contributed by atoms with Gasteiger partial charge in [-0.15, -0.1) is 0 Å². The van der Waals surface area contributed by atoms with Crippen molar-refractivity contribution in [2.24, 2.45) is 0 Å². The standard InChI is InChI=1S/C12H26N2O4S/c1-17-9-10-18-8-7-14-19(15,16)11-3-2-6-13-12-4-5-12/h12-14H,2-11H2,1H3. The van der Waals surface area contributed by atoms with Crippen LogP contribution in [0.25, 0.3) is 0 Å². The number of hydrogen-bond acceptors (Lipinski definition) is 5. The van der Waals surface area contributed by atoms with Crippen molar-refractivity contribution in [1.29, 1.82) is 0 Å². The van der Waals surface area contributed by atoms with Gasteiger partial charge < -0.3 is 14.8 Å². The van der Waals surface area contributed by atoms with Gasteiger partial charge >= 0.3 is 0 Å². The van der Waals surface area contributed by atoms with E-state index in [9.17, 15) is 8.42 Å². The van der Waals surface area contributed by atoms with Crippen LogP contribution in [0.1, 0.15) is 25.7 Å². The first-order valence-electron chi connectivity index (χ1n) is 6.91. The molecule has 19 heavy (non-hydrogen) atoms. The largest absolute Gasteiger partial charge is 0.382 e. The average Bonchev–Trinajstić information content (AvgIpc) is 3.17. The lowest BCUT2D eigenvalue weighted by atomic mass is 10.3. The summed E-state index contributed by atoms with van der Waals surface area (Å²) in [5.74, 6) is 0.192. The van der Waals surface area contributed by atoms with Gasteiger partial charge in [-0.25, -0.2) is 13.1 Å². The van der Waals surface area contributed by atoms with Crippen LogP contribution >= 0.6 is 0 Å². The smallest absolute Gasteiger partial charge is 0.211 e. The zero-order valence-corrected chi connectivity index (χ0v) is 12.5. The van der Waals surface area contributed by atoms with Crippen molar-refractivity contribution in [3.63, 3.8) is 0 Å². The van der Waals surface area contributed by atoms with Gasteiger partial charge in [0.05, 0.1) is 25.6 Å². The van der Waals surface area contributed by atoms with Gasteiger partial charge in [0, 0.05) is 19.7 Å². The van der Waals surface area contributed by atoms with Crippen LogP contribution in [-0.4, -0.2) is 60.2 Å². The second-order valence-electron chi connectivity index (χ2n) is 4.75. The van der Waals surface area contributed by atoms with Crippen molar-refractivity contribution in [3.8, 4) is 0 Å². The molecular formula is C12H26N2O4S. The monoisotopic (exact) mass is 294 g/mol. The number of methoxy groups -OCH3 is 1. The van der Waals surface area contributed by atoms with Gasteiger partial charge in [0.1, 0.15) is 0 Å². The van der Waals surface area contributed by atoms with Crippen LogP contribution in [0.3, 0.4) is 0 Å². The molecule has 0 spiro atoms. The van der Waals surface area contributed by atoms with Gasteiger partial charge in [0.25, 0.3) is 0 Å². The maximum absolute atomic E-state index is 11.6. The average molecular weight is 294 g/mol. The molecule has 1 rings (SSSR count). The maximum atomic E-state index is 11.6. The molecule has 0 bridgehead atoms. The summed E-state index contributed by atoms with van der Waals surface area (Å²) in [7, 11) is -1.55. The minimum Gasteiger partial charge on any atom is -0.382 e. The third-order valence-corrected chi connectivity index (χ3v) is 4.32. The Labute approximate surface area is 116 Å². The summed E-state index contributed by atoms with van der Waals surface area (Å²) in [6.07, 6.45) is 4.13. The molecule has 6 nitrogen and oxygen atoms in total. The molecule has 0 unspecified atom stereocenters. The van der Waals surface area contributed by atoms with Crippen molar-refractivity contribution in [1.82, 2.24) is 10.0 Å². The molecule has 0 aliphatic heterocycles. The molecular weight excluding hydrogens is 268 g/mol. The lowest BCUT2D eigenvalue weighted by molar-refractivity contribution is 0.0736. The number of nitrogens with one attached hydrogen (secondary N) is 2. The molecule has 1 fully saturated rings. The SMILES string of the molecule is COCCOCCNS(=O)(=O)CCCCNC1CC1. The van der Waals surface area contributed by atoms with Crippen LogP contribution in [-0.2, 0) is 19.5 Å². The summed E-state index contributed by atoms with van der Waals surface area (Å²) in [5.41, 5.74) is 0. The summed E-state index contributed by atoms with van der Waals surface area (Å²) in [4.78, 5) is 0. The Balaban J connectivity index is 1.90. The number of unbranched alkanes of at least 4 members (excludes halogenated alkanes) is 1. The van der Waals surface area contributed by atoms with Gasteiger partial charge in [-0.05, 0) is 32.2 Å². The third kappa shape index (κ3) is 10.3. The second-order valence-corrected chi connectivity index (χ2v) is 6.68. The molecule has 7 heteroatoms. The summed E-state index contributed by atoms with van der Waals surface area (Å²) < 4.78 is 35.8. The predicted octanol–water partition coefficient (Wildman–Crippen LogP) is 0.101. The van der Waals surface area contributed by atoms with E-state index in [1.807, 2.05) is 0 Å². The van der Waals surface area contributed by atoms with Gasteiger partial charge in [0.15, 0.2) is 0 Å². The quantitative estimate of drug-likeness (QED) is 0.471. The maximum Gasteiger partial charge on any atom is 0.211 e. The fourth-order valence-corrected chi connectivity index (χ4v) is 2.72. The number of sulfonamides is 1. The Bertz CT molecular complexity index is 318. The highest BCUT2D eigenvalue weighted by atomic mass is 32.2. The summed E-state index contributed by atoms with van der Waals surface area (Å²) in [6, 6.07) is 0.694. The van der Waals surface area contributed by atoms with Gasteiger partial charge in [-0.3, -0.25) is 0 Å². The Kier molecular flexibility index (Phi) is 8.56. The molecule has 0 aromatic rings. The van der Waals surface area contributed by atoms with E-state index in [-0.39, 0.29) is 5.75 Å². The van der Waals surface area contributed by atoms with E-state index >= 15 is 0 Å². The minimum atomic E-state index is -3.15. The molecule has 0 saturated heterocycles. The Morgan fingerprint density at radius 1 is 1.11 bits per heavy atom.